The summed E-state index contributed by atoms with van der Waals surface area (Å²) < 4.78 is 0. The van der Waals surface area contributed by atoms with Gasteiger partial charge in [-0.25, -0.2) is 0 Å². The van der Waals surface area contributed by atoms with Crippen LogP contribution in [0.2, 0.25) is 0 Å². The Hall–Kier alpha value is -2.85. The Balaban J connectivity index is 1.67. The first-order valence-electron chi connectivity index (χ1n) is 8.82. The number of hydrogen-bond donors (Lipinski definition) is 1. The van der Waals surface area contributed by atoms with Gasteiger partial charge in [-0.3, -0.25) is 9.59 Å². The molecule has 0 radical (unpaired) electrons. The van der Waals surface area contributed by atoms with Crippen molar-refractivity contribution in [2.45, 2.75) is 11.7 Å². The van der Waals surface area contributed by atoms with E-state index in [4.69, 9.17) is 0 Å². The first kappa shape index (κ1) is 18.9. The second kappa shape index (κ2) is 9.74. The summed E-state index contributed by atoms with van der Waals surface area (Å²) in [5.41, 5.74) is 2.52. The van der Waals surface area contributed by atoms with E-state index in [1.807, 2.05) is 91.0 Å². The third kappa shape index (κ3) is 5.83. The van der Waals surface area contributed by atoms with Crippen molar-refractivity contribution in [3.63, 3.8) is 0 Å². The summed E-state index contributed by atoms with van der Waals surface area (Å²) in [5, 5.41) is 2.56. The van der Waals surface area contributed by atoms with Crippen LogP contribution in [0, 0.1) is 0 Å². The molecular weight excluding hydrogens is 354 g/mol. The molecule has 0 aliphatic carbocycles. The van der Waals surface area contributed by atoms with E-state index < -0.39 is 0 Å². The van der Waals surface area contributed by atoms with E-state index in [0.29, 0.717) is 12.0 Å². The standard InChI is InChI=1S/C23H21NO2S/c25-22(24-20-14-8-3-9-15-20)17-27-21(16-18-10-4-1-5-11-18)23(26)19-12-6-2-7-13-19/h1-15,21H,16-17H2,(H,24,25). The monoisotopic (exact) mass is 375 g/mol. The van der Waals surface area contributed by atoms with Gasteiger partial charge in [0, 0.05) is 11.3 Å². The van der Waals surface area contributed by atoms with E-state index >= 15 is 0 Å². The molecular formula is C23H21NO2S. The normalized spacial score (nSPS) is 11.6. The smallest absolute Gasteiger partial charge is 0.234 e. The lowest BCUT2D eigenvalue weighted by molar-refractivity contribution is -0.113. The number of nitrogens with one attached hydrogen (secondary N) is 1. The Morgan fingerprint density at radius 2 is 1.33 bits per heavy atom. The van der Waals surface area contributed by atoms with Crippen LogP contribution >= 0.6 is 11.8 Å². The molecule has 1 unspecified atom stereocenters. The highest BCUT2D eigenvalue weighted by Gasteiger charge is 2.22. The Labute approximate surface area is 163 Å². The van der Waals surface area contributed by atoms with Gasteiger partial charge in [-0.15, -0.1) is 11.8 Å². The molecule has 3 aromatic carbocycles. The minimum absolute atomic E-state index is 0.0527. The van der Waals surface area contributed by atoms with Crippen molar-refractivity contribution in [1.82, 2.24) is 0 Å². The summed E-state index contributed by atoms with van der Waals surface area (Å²) in [7, 11) is 0. The van der Waals surface area contributed by atoms with Gasteiger partial charge in [-0.1, -0.05) is 78.9 Å². The predicted octanol–water partition coefficient (Wildman–Crippen LogP) is 4.85. The van der Waals surface area contributed by atoms with Gasteiger partial charge >= 0.3 is 0 Å². The molecule has 3 nitrogen and oxygen atoms in total. The van der Waals surface area contributed by atoms with Gasteiger partial charge in [-0.2, -0.15) is 0 Å². The van der Waals surface area contributed by atoms with E-state index in [9.17, 15) is 9.59 Å². The van der Waals surface area contributed by atoms with Crippen LogP contribution in [0.4, 0.5) is 5.69 Å². The van der Waals surface area contributed by atoms with Gasteiger partial charge in [0.05, 0.1) is 11.0 Å². The van der Waals surface area contributed by atoms with E-state index in [0.717, 1.165) is 11.3 Å². The minimum Gasteiger partial charge on any atom is -0.325 e. The third-order valence-corrected chi connectivity index (χ3v) is 5.30. The number of Topliss-reactive ketones (excluding diaryl/α,β-unsaturated/α-hetero) is 1. The number of rotatable bonds is 8. The number of anilines is 1. The zero-order chi connectivity index (χ0) is 18.9. The maximum Gasteiger partial charge on any atom is 0.234 e. The van der Waals surface area contributed by atoms with E-state index in [1.165, 1.54) is 11.8 Å². The summed E-state index contributed by atoms with van der Waals surface area (Å²) in [6.07, 6.45) is 0.595. The molecule has 0 spiro atoms. The molecule has 4 heteroatoms. The summed E-state index contributed by atoms with van der Waals surface area (Å²) >= 11 is 1.39. The number of ketones is 1. The molecule has 3 rings (SSSR count). The lowest BCUT2D eigenvalue weighted by atomic mass is 10.0. The van der Waals surface area contributed by atoms with Crippen LogP contribution in [0.25, 0.3) is 0 Å². The average Bonchev–Trinajstić information content (AvgIpc) is 2.73. The fourth-order valence-electron chi connectivity index (χ4n) is 2.74. The van der Waals surface area contributed by atoms with Gasteiger partial charge in [0.25, 0.3) is 0 Å². The molecule has 0 aromatic heterocycles. The molecule has 0 saturated carbocycles. The van der Waals surface area contributed by atoms with Crippen molar-refractivity contribution in [3.8, 4) is 0 Å². The first-order valence-corrected chi connectivity index (χ1v) is 9.87. The molecule has 0 fully saturated rings. The lowest BCUT2D eigenvalue weighted by Gasteiger charge is -2.16. The highest BCUT2D eigenvalue weighted by Crippen LogP contribution is 2.22. The van der Waals surface area contributed by atoms with Crippen LogP contribution in [0.3, 0.4) is 0 Å². The molecule has 3 aromatic rings. The van der Waals surface area contributed by atoms with Crippen molar-refractivity contribution in [1.29, 1.82) is 0 Å². The highest BCUT2D eigenvalue weighted by molar-refractivity contribution is 8.01. The summed E-state index contributed by atoms with van der Waals surface area (Å²) in [6.45, 7) is 0. The van der Waals surface area contributed by atoms with Crippen molar-refractivity contribution in [2.24, 2.45) is 0 Å². The Morgan fingerprint density at radius 1 is 0.778 bits per heavy atom. The number of para-hydroxylation sites is 1. The van der Waals surface area contributed by atoms with Gasteiger partial charge in [0.15, 0.2) is 5.78 Å². The van der Waals surface area contributed by atoms with Gasteiger partial charge in [-0.05, 0) is 24.1 Å². The molecule has 1 atom stereocenters. The molecule has 0 aliphatic rings. The second-order valence-corrected chi connectivity index (χ2v) is 7.32. The number of carbonyl (C=O) groups excluding carboxylic acids is 2. The maximum atomic E-state index is 13.0. The Bertz CT molecular complexity index is 867. The van der Waals surface area contributed by atoms with E-state index in [1.54, 1.807) is 0 Å². The van der Waals surface area contributed by atoms with Crippen LogP contribution in [-0.4, -0.2) is 22.7 Å². The number of thioether (sulfide) groups is 1. The second-order valence-electron chi connectivity index (χ2n) is 6.13. The predicted molar refractivity (Wildman–Crippen MR) is 112 cm³/mol. The fourth-order valence-corrected chi connectivity index (χ4v) is 3.76. The first-order chi connectivity index (χ1) is 13.2. The van der Waals surface area contributed by atoms with Crippen LogP contribution in [0.15, 0.2) is 91.0 Å². The maximum absolute atomic E-state index is 13.0. The zero-order valence-electron chi connectivity index (χ0n) is 14.9. The molecule has 0 aliphatic heterocycles. The Kier molecular flexibility index (Phi) is 6.83. The van der Waals surface area contributed by atoms with E-state index in [-0.39, 0.29) is 22.7 Å². The van der Waals surface area contributed by atoms with Crippen LogP contribution in [0.5, 0.6) is 0 Å². The van der Waals surface area contributed by atoms with Crippen LogP contribution in [-0.2, 0) is 11.2 Å². The Morgan fingerprint density at radius 3 is 1.96 bits per heavy atom. The molecule has 0 bridgehead atoms. The van der Waals surface area contributed by atoms with Crippen LogP contribution in [0.1, 0.15) is 15.9 Å². The minimum atomic E-state index is -0.309. The molecule has 136 valence electrons. The van der Waals surface area contributed by atoms with E-state index in [2.05, 4.69) is 5.32 Å². The van der Waals surface area contributed by atoms with Gasteiger partial charge in [0.1, 0.15) is 0 Å². The number of carbonyl (C=O) groups is 2. The highest BCUT2D eigenvalue weighted by atomic mass is 32.2. The topological polar surface area (TPSA) is 46.2 Å². The van der Waals surface area contributed by atoms with Crippen molar-refractivity contribution in [3.05, 3.63) is 102 Å². The fraction of sp³-hybridized carbons (Fsp3) is 0.130. The third-order valence-electron chi connectivity index (χ3n) is 4.09. The zero-order valence-corrected chi connectivity index (χ0v) is 15.7. The molecule has 0 heterocycles. The lowest BCUT2D eigenvalue weighted by Crippen LogP contribution is -2.24. The van der Waals surface area contributed by atoms with Gasteiger partial charge in [0.2, 0.25) is 5.91 Å². The number of amides is 1. The SMILES string of the molecule is O=C(CSC(Cc1ccccc1)C(=O)c1ccccc1)Nc1ccccc1. The quantitative estimate of drug-likeness (QED) is 0.572. The van der Waals surface area contributed by atoms with Crippen molar-refractivity contribution in [2.75, 3.05) is 11.1 Å². The number of hydrogen-bond acceptors (Lipinski definition) is 3. The molecule has 0 saturated heterocycles. The average molecular weight is 375 g/mol. The summed E-state index contributed by atoms with van der Waals surface area (Å²) in [6, 6.07) is 28.5. The van der Waals surface area contributed by atoms with Crippen molar-refractivity contribution < 1.29 is 9.59 Å². The number of benzene rings is 3. The van der Waals surface area contributed by atoms with Crippen LogP contribution < -0.4 is 5.32 Å². The molecule has 1 N–H and O–H groups in total. The summed E-state index contributed by atoms with van der Waals surface area (Å²) in [4.78, 5) is 25.3. The largest absolute Gasteiger partial charge is 0.325 e. The van der Waals surface area contributed by atoms with Gasteiger partial charge < -0.3 is 5.32 Å². The van der Waals surface area contributed by atoms with Crippen molar-refractivity contribution >= 4 is 29.1 Å². The molecule has 27 heavy (non-hydrogen) atoms. The molecule has 1 amide bonds. The summed E-state index contributed by atoms with van der Waals surface area (Å²) in [5.74, 6) is 0.174.